The zero-order valence-corrected chi connectivity index (χ0v) is 7.70. The van der Waals surface area contributed by atoms with Gasteiger partial charge in [-0.3, -0.25) is 0 Å². The molecule has 1 heterocycles. The SMILES string of the molecule is CCS[C@@H]1OC[C@H](O)[C@H](O)[C@H]1O. The first-order chi connectivity index (χ1) is 5.66. The van der Waals surface area contributed by atoms with Crippen molar-refractivity contribution < 1.29 is 20.1 Å². The van der Waals surface area contributed by atoms with E-state index in [0.29, 0.717) is 0 Å². The van der Waals surface area contributed by atoms with Crippen molar-refractivity contribution in [3.8, 4) is 0 Å². The molecule has 0 bridgehead atoms. The Balaban J connectivity index is 2.46. The Hall–Kier alpha value is 0.190. The highest BCUT2D eigenvalue weighted by atomic mass is 32.2. The fourth-order valence-corrected chi connectivity index (χ4v) is 1.95. The first kappa shape index (κ1) is 10.3. The number of thioether (sulfide) groups is 1. The van der Waals surface area contributed by atoms with Gasteiger partial charge in [-0.15, -0.1) is 11.8 Å². The summed E-state index contributed by atoms with van der Waals surface area (Å²) in [6, 6.07) is 0. The third kappa shape index (κ3) is 2.11. The summed E-state index contributed by atoms with van der Waals surface area (Å²) in [5.41, 5.74) is -0.409. The van der Waals surface area contributed by atoms with E-state index in [9.17, 15) is 10.2 Å². The molecular formula is C7H14O4S. The van der Waals surface area contributed by atoms with Gasteiger partial charge >= 0.3 is 0 Å². The van der Waals surface area contributed by atoms with Crippen LogP contribution in [0.2, 0.25) is 0 Å². The molecule has 0 saturated carbocycles. The summed E-state index contributed by atoms with van der Waals surface area (Å²) in [4.78, 5) is 0. The Kier molecular flexibility index (Phi) is 3.79. The van der Waals surface area contributed by atoms with Gasteiger partial charge in [0, 0.05) is 0 Å². The lowest BCUT2D eigenvalue weighted by Crippen LogP contribution is -2.51. The summed E-state index contributed by atoms with van der Waals surface area (Å²) in [5.74, 6) is 0.810. The maximum absolute atomic E-state index is 9.38. The zero-order chi connectivity index (χ0) is 9.14. The third-order valence-corrected chi connectivity index (χ3v) is 2.86. The van der Waals surface area contributed by atoms with Crippen molar-refractivity contribution in [2.24, 2.45) is 0 Å². The van der Waals surface area contributed by atoms with Gasteiger partial charge in [0.15, 0.2) is 0 Å². The predicted molar refractivity (Wildman–Crippen MR) is 45.9 cm³/mol. The molecule has 4 atom stereocenters. The van der Waals surface area contributed by atoms with E-state index < -0.39 is 23.7 Å². The second kappa shape index (κ2) is 4.43. The quantitative estimate of drug-likeness (QED) is 0.536. The van der Waals surface area contributed by atoms with Crippen LogP contribution in [0.5, 0.6) is 0 Å². The van der Waals surface area contributed by atoms with E-state index in [0.717, 1.165) is 5.75 Å². The van der Waals surface area contributed by atoms with Crippen LogP contribution in [0.1, 0.15) is 6.92 Å². The summed E-state index contributed by atoms with van der Waals surface area (Å²) < 4.78 is 5.12. The largest absolute Gasteiger partial charge is 0.388 e. The normalized spacial score (nSPS) is 43.0. The second-order valence-electron chi connectivity index (χ2n) is 2.71. The first-order valence-electron chi connectivity index (χ1n) is 3.94. The molecule has 5 heteroatoms. The van der Waals surface area contributed by atoms with Crippen molar-refractivity contribution in [2.45, 2.75) is 30.7 Å². The van der Waals surface area contributed by atoms with E-state index in [4.69, 9.17) is 9.84 Å². The minimum absolute atomic E-state index is 0.0931. The average molecular weight is 194 g/mol. The van der Waals surface area contributed by atoms with Crippen LogP contribution >= 0.6 is 11.8 Å². The van der Waals surface area contributed by atoms with Gasteiger partial charge in [-0.05, 0) is 5.75 Å². The van der Waals surface area contributed by atoms with E-state index in [2.05, 4.69) is 0 Å². The van der Waals surface area contributed by atoms with Crippen LogP contribution in [0.4, 0.5) is 0 Å². The van der Waals surface area contributed by atoms with Crippen LogP contribution in [0, 0.1) is 0 Å². The first-order valence-corrected chi connectivity index (χ1v) is 4.99. The molecule has 0 amide bonds. The van der Waals surface area contributed by atoms with Crippen LogP contribution in [-0.2, 0) is 4.74 Å². The second-order valence-corrected chi connectivity index (χ2v) is 4.08. The van der Waals surface area contributed by atoms with Gasteiger partial charge in [0.05, 0.1) is 6.61 Å². The fourth-order valence-electron chi connectivity index (χ4n) is 1.09. The van der Waals surface area contributed by atoms with Gasteiger partial charge in [0.2, 0.25) is 0 Å². The Bertz CT molecular complexity index is 143. The molecule has 1 rings (SSSR count). The number of aliphatic hydroxyl groups is 3. The highest BCUT2D eigenvalue weighted by Crippen LogP contribution is 2.24. The van der Waals surface area contributed by atoms with E-state index >= 15 is 0 Å². The molecule has 1 aliphatic heterocycles. The van der Waals surface area contributed by atoms with Crippen LogP contribution in [0.25, 0.3) is 0 Å². The van der Waals surface area contributed by atoms with E-state index in [-0.39, 0.29) is 6.61 Å². The molecule has 12 heavy (non-hydrogen) atoms. The summed E-state index contributed by atoms with van der Waals surface area (Å²) in [7, 11) is 0. The molecule has 0 aromatic heterocycles. The van der Waals surface area contributed by atoms with Gasteiger partial charge in [-0.25, -0.2) is 0 Å². The van der Waals surface area contributed by atoms with Crippen molar-refractivity contribution in [3.63, 3.8) is 0 Å². The summed E-state index contributed by atoms with van der Waals surface area (Å²) in [6.45, 7) is 2.04. The van der Waals surface area contributed by atoms with Crippen molar-refractivity contribution in [2.75, 3.05) is 12.4 Å². The summed E-state index contributed by atoms with van der Waals surface area (Å²) in [5, 5.41) is 27.7. The molecule has 4 nitrogen and oxygen atoms in total. The lowest BCUT2D eigenvalue weighted by atomic mass is 10.1. The Morgan fingerprint density at radius 1 is 1.33 bits per heavy atom. The topological polar surface area (TPSA) is 69.9 Å². The number of hydrogen-bond donors (Lipinski definition) is 3. The molecule has 0 aromatic carbocycles. The van der Waals surface area contributed by atoms with Crippen molar-refractivity contribution in [1.82, 2.24) is 0 Å². The average Bonchev–Trinajstić information content (AvgIpc) is 2.07. The lowest BCUT2D eigenvalue weighted by molar-refractivity contribution is -0.161. The van der Waals surface area contributed by atoms with E-state index in [1.54, 1.807) is 0 Å². The van der Waals surface area contributed by atoms with E-state index in [1.807, 2.05) is 6.92 Å². The number of ether oxygens (including phenoxy) is 1. The van der Waals surface area contributed by atoms with Gasteiger partial charge in [0.1, 0.15) is 23.7 Å². The van der Waals surface area contributed by atoms with E-state index in [1.165, 1.54) is 11.8 Å². The predicted octanol–water partition coefficient (Wildman–Crippen LogP) is -0.822. The smallest absolute Gasteiger partial charge is 0.131 e. The van der Waals surface area contributed by atoms with Gasteiger partial charge < -0.3 is 20.1 Å². The van der Waals surface area contributed by atoms with Crippen LogP contribution in [0.3, 0.4) is 0 Å². The van der Waals surface area contributed by atoms with Gasteiger partial charge in [0.25, 0.3) is 0 Å². The summed E-state index contributed by atoms with van der Waals surface area (Å²) in [6.07, 6.45) is -3.03. The molecule has 3 N–H and O–H groups in total. The minimum Gasteiger partial charge on any atom is -0.388 e. The maximum atomic E-state index is 9.38. The zero-order valence-electron chi connectivity index (χ0n) is 6.88. The highest BCUT2D eigenvalue weighted by Gasteiger charge is 2.37. The standard InChI is InChI=1S/C7H14O4S/c1-2-12-7-6(10)5(9)4(8)3-11-7/h4-10H,2-3H2,1H3/t4-,5-,6+,7-/m0/s1. The van der Waals surface area contributed by atoms with Crippen LogP contribution in [0.15, 0.2) is 0 Å². The Morgan fingerprint density at radius 3 is 2.58 bits per heavy atom. The maximum Gasteiger partial charge on any atom is 0.131 e. The Morgan fingerprint density at radius 2 is 2.00 bits per heavy atom. The monoisotopic (exact) mass is 194 g/mol. The molecule has 72 valence electrons. The summed E-state index contributed by atoms with van der Waals surface area (Å²) >= 11 is 1.42. The minimum atomic E-state index is -1.08. The molecule has 1 fully saturated rings. The fraction of sp³-hybridized carbons (Fsp3) is 1.00. The van der Waals surface area contributed by atoms with Crippen molar-refractivity contribution in [1.29, 1.82) is 0 Å². The Labute approximate surface area is 75.5 Å². The molecule has 0 radical (unpaired) electrons. The molecule has 0 aromatic rings. The molecule has 0 aliphatic carbocycles. The van der Waals surface area contributed by atoms with Crippen molar-refractivity contribution in [3.05, 3.63) is 0 Å². The molecule has 0 unspecified atom stereocenters. The molecule has 1 aliphatic rings. The van der Waals surface area contributed by atoms with Crippen molar-refractivity contribution >= 4 is 11.8 Å². The number of rotatable bonds is 2. The lowest BCUT2D eigenvalue weighted by Gasteiger charge is -2.34. The van der Waals surface area contributed by atoms with Gasteiger partial charge in [-0.2, -0.15) is 0 Å². The van der Waals surface area contributed by atoms with Crippen LogP contribution < -0.4 is 0 Å². The molecular weight excluding hydrogens is 180 g/mol. The van der Waals surface area contributed by atoms with Gasteiger partial charge in [-0.1, -0.05) is 6.92 Å². The highest BCUT2D eigenvalue weighted by molar-refractivity contribution is 7.99. The number of hydrogen-bond acceptors (Lipinski definition) is 5. The number of aliphatic hydroxyl groups excluding tert-OH is 3. The molecule has 1 saturated heterocycles. The molecule has 0 spiro atoms. The third-order valence-electron chi connectivity index (χ3n) is 1.79. The van der Waals surface area contributed by atoms with Crippen LogP contribution in [-0.4, -0.2) is 51.4 Å².